The highest BCUT2D eigenvalue weighted by atomic mass is 35.5. The summed E-state index contributed by atoms with van der Waals surface area (Å²) in [5.41, 5.74) is 0.750. The molecule has 0 radical (unpaired) electrons. The summed E-state index contributed by atoms with van der Waals surface area (Å²) in [6.07, 6.45) is -1.63. The van der Waals surface area contributed by atoms with Crippen LogP contribution in [0.2, 0.25) is 5.02 Å². The maximum atomic E-state index is 12.5. The number of rotatable bonds is 2. The monoisotopic (exact) mass is 360 g/mol. The first-order valence-electron chi connectivity index (χ1n) is 7.36. The Morgan fingerprint density at radius 1 is 1.08 bits per heavy atom. The van der Waals surface area contributed by atoms with Crippen molar-refractivity contribution in [3.05, 3.63) is 40.9 Å². The van der Waals surface area contributed by atoms with Gasteiger partial charge in [-0.15, -0.1) is 0 Å². The van der Waals surface area contributed by atoms with E-state index in [1.54, 1.807) is 30.3 Å². The minimum Gasteiger partial charge on any atom is -0.337 e. The average molecular weight is 361 g/mol. The molecule has 130 valence electrons. The zero-order valence-electron chi connectivity index (χ0n) is 12.7. The van der Waals surface area contributed by atoms with E-state index in [0.29, 0.717) is 18.0 Å². The van der Waals surface area contributed by atoms with Gasteiger partial charge in [-0.2, -0.15) is 13.2 Å². The molecule has 2 rings (SSSR count). The van der Waals surface area contributed by atoms with Gasteiger partial charge in [-0.05, 0) is 30.2 Å². The van der Waals surface area contributed by atoms with Crippen LogP contribution in [0.4, 0.5) is 13.2 Å². The minimum atomic E-state index is -4.88. The van der Waals surface area contributed by atoms with E-state index in [2.05, 4.69) is 0 Å². The molecule has 1 saturated heterocycles. The Balaban J connectivity index is 1.96. The number of carbonyl (C=O) groups is 2. The topological polar surface area (TPSA) is 40.6 Å². The van der Waals surface area contributed by atoms with Gasteiger partial charge in [-0.1, -0.05) is 23.7 Å². The first-order valence-corrected chi connectivity index (χ1v) is 7.74. The van der Waals surface area contributed by atoms with E-state index in [9.17, 15) is 22.8 Å². The summed E-state index contributed by atoms with van der Waals surface area (Å²) in [6.45, 7) is 0.232. The molecule has 1 aliphatic heterocycles. The van der Waals surface area contributed by atoms with Crippen LogP contribution in [-0.4, -0.2) is 54.0 Å². The number of nitrogens with zero attached hydrogens (tertiary/aromatic N) is 2. The van der Waals surface area contributed by atoms with Gasteiger partial charge < -0.3 is 9.80 Å². The molecule has 24 heavy (non-hydrogen) atoms. The lowest BCUT2D eigenvalue weighted by molar-refractivity contribution is -0.185. The zero-order chi connectivity index (χ0) is 17.7. The predicted molar refractivity (Wildman–Crippen MR) is 84.3 cm³/mol. The van der Waals surface area contributed by atoms with Gasteiger partial charge in [0.15, 0.2) is 0 Å². The van der Waals surface area contributed by atoms with Crippen LogP contribution in [0, 0.1) is 0 Å². The summed E-state index contributed by atoms with van der Waals surface area (Å²) in [6, 6.07) is 6.93. The summed E-state index contributed by atoms with van der Waals surface area (Å²) in [4.78, 5) is 25.6. The number of benzene rings is 1. The van der Waals surface area contributed by atoms with Gasteiger partial charge in [0.25, 0.3) is 0 Å². The molecule has 0 unspecified atom stereocenters. The van der Waals surface area contributed by atoms with Crippen LogP contribution in [0.25, 0.3) is 6.08 Å². The van der Waals surface area contributed by atoms with Gasteiger partial charge in [0.1, 0.15) is 0 Å². The molecule has 0 N–H and O–H groups in total. The van der Waals surface area contributed by atoms with Gasteiger partial charge in [0, 0.05) is 37.3 Å². The molecule has 2 amide bonds. The molecule has 1 heterocycles. The van der Waals surface area contributed by atoms with Crippen LogP contribution in [0.3, 0.4) is 0 Å². The van der Waals surface area contributed by atoms with E-state index in [-0.39, 0.29) is 25.5 Å². The number of amides is 2. The first kappa shape index (κ1) is 18.3. The quantitative estimate of drug-likeness (QED) is 0.761. The van der Waals surface area contributed by atoms with Crippen molar-refractivity contribution in [1.82, 2.24) is 9.80 Å². The summed E-state index contributed by atoms with van der Waals surface area (Å²) in [5.74, 6) is -2.16. The summed E-state index contributed by atoms with van der Waals surface area (Å²) in [7, 11) is 0. The van der Waals surface area contributed by atoms with E-state index >= 15 is 0 Å². The number of hydrogen-bond donors (Lipinski definition) is 0. The Kier molecular flexibility index (Phi) is 5.88. The second-order valence-corrected chi connectivity index (χ2v) is 5.79. The Morgan fingerprint density at radius 2 is 1.75 bits per heavy atom. The summed E-state index contributed by atoms with van der Waals surface area (Å²) in [5, 5.41) is 0.542. The lowest BCUT2D eigenvalue weighted by atomic mass is 10.2. The summed E-state index contributed by atoms with van der Waals surface area (Å²) >= 11 is 5.85. The fourth-order valence-corrected chi connectivity index (χ4v) is 2.60. The molecule has 0 saturated carbocycles. The van der Waals surface area contributed by atoms with E-state index in [4.69, 9.17) is 11.6 Å². The van der Waals surface area contributed by atoms with Crippen LogP contribution in [0.15, 0.2) is 30.3 Å². The normalized spacial score (nSPS) is 16.3. The van der Waals surface area contributed by atoms with Crippen LogP contribution in [0.5, 0.6) is 0 Å². The second kappa shape index (κ2) is 7.70. The maximum absolute atomic E-state index is 12.5. The molecule has 1 aromatic rings. The lowest BCUT2D eigenvalue weighted by Crippen LogP contribution is -2.43. The first-order chi connectivity index (χ1) is 11.3. The van der Waals surface area contributed by atoms with Crippen LogP contribution in [0.1, 0.15) is 12.0 Å². The number of carbonyl (C=O) groups excluding carboxylic acids is 2. The smallest absolute Gasteiger partial charge is 0.337 e. The SMILES string of the molecule is O=C(/C=C/c1cccc(Cl)c1)N1CCCN(C(=O)C(F)(F)F)CC1. The zero-order valence-corrected chi connectivity index (χ0v) is 13.5. The van der Waals surface area contributed by atoms with Crippen LogP contribution >= 0.6 is 11.6 Å². The van der Waals surface area contributed by atoms with Crippen molar-refractivity contribution in [3.63, 3.8) is 0 Å². The fourth-order valence-electron chi connectivity index (χ4n) is 2.40. The third kappa shape index (κ3) is 4.99. The Labute approximate surface area is 142 Å². The highest BCUT2D eigenvalue weighted by Crippen LogP contribution is 2.19. The highest BCUT2D eigenvalue weighted by Gasteiger charge is 2.42. The van der Waals surface area contributed by atoms with Crippen molar-refractivity contribution in [2.45, 2.75) is 12.6 Å². The molecule has 0 aromatic heterocycles. The van der Waals surface area contributed by atoms with Gasteiger partial charge in [0.05, 0.1) is 0 Å². The molecule has 0 atom stereocenters. The molecule has 1 aliphatic rings. The average Bonchev–Trinajstić information content (AvgIpc) is 2.77. The molecule has 8 heteroatoms. The molecule has 1 aromatic carbocycles. The Bertz CT molecular complexity index is 646. The third-order valence-electron chi connectivity index (χ3n) is 3.60. The van der Waals surface area contributed by atoms with Crippen molar-refractivity contribution in [2.75, 3.05) is 26.2 Å². The molecule has 0 aliphatic carbocycles. The van der Waals surface area contributed by atoms with Crippen molar-refractivity contribution < 1.29 is 22.8 Å². The second-order valence-electron chi connectivity index (χ2n) is 5.36. The molecular formula is C16H16ClF3N2O2. The van der Waals surface area contributed by atoms with Gasteiger partial charge in [-0.25, -0.2) is 0 Å². The van der Waals surface area contributed by atoms with E-state index < -0.39 is 12.1 Å². The van der Waals surface area contributed by atoms with Crippen molar-refractivity contribution in [2.24, 2.45) is 0 Å². The lowest BCUT2D eigenvalue weighted by Gasteiger charge is -2.22. The molecule has 0 spiro atoms. The maximum Gasteiger partial charge on any atom is 0.471 e. The van der Waals surface area contributed by atoms with Gasteiger partial charge >= 0.3 is 12.1 Å². The Hall–Kier alpha value is -2.02. The van der Waals surface area contributed by atoms with E-state index in [0.717, 1.165) is 10.5 Å². The molecular weight excluding hydrogens is 345 g/mol. The highest BCUT2D eigenvalue weighted by molar-refractivity contribution is 6.30. The van der Waals surface area contributed by atoms with Gasteiger partial charge in [0.2, 0.25) is 5.91 Å². The van der Waals surface area contributed by atoms with Crippen molar-refractivity contribution >= 4 is 29.5 Å². The van der Waals surface area contributed by atoms with E-state index in [1.165, 1.54) is 11.0 Å². The molecule has 4 nitrogen and oxygen atoms in total. The van der Waals surface area contributed by atoms with Crippen molar-refractivity contribution in [1.29, 1.82) is 0 Å². The van der Waals surface area contributed by atoms with Crippen LogP contribution in [-0.2, 0) is 9.59 Å². The predicted octanol–water partition coefficient (Wildman–Crippen LogP) is 2.98. The third-order valence-corrected chi connectivity index (χ3v) is 3.84. The van der Waals surface area contributed by atoms with Gasteiger partial charge in [-0.3, -0.25) is 9.59 Å². The Morgan fingerprint density at radius 3 is 2.42 bits per heavy atom. The number of hydrogen-bond acceptors (Lipinski definition) is 2. The molecule has 0 bridgehead atoms. The minimum absolute atomic E-state index is 0.0138. The standard InChI is InChI=1S/C16H16ClF3N2O2/c17-13-4-1-3-12(11-13)5-6-14(23)21-7-2-8-22(10-9-21)15(24)16(18,19)20/h1,3-6,11H,2,7-10H2/b6-5+. The van der Waals surface area contributed by atoms with E-state index in [1.807, 2.05) is 0 Å². The fraction of sp³-hybridized carbons (Fsp3) is 0.375. The van der Waals surface area contributed by atoms with Crippen molar-refractivity contribution in [3.8, 4) is 0 Å². The summed E-state index contributed by atoms with van der Waals surface area (Å²) < 4.78 is 37.4. The molecule has 1 fully saturated rings. The number of alkyl halides is 3. The largest absolute Gasteiger partial charge is 0.471 e. The van der Waals surface area contributed by atoms with Crippen LogP contribution < -0.4 is 0 Å². The number of halogens is 4.